The van der Waals surface area contributed by atoms with Crippen molar-refractivity contribution in [3.05, 3.63) is 11.1 Å². The first-order valence-corrected chi connectivity index (χ1v) is 7.97. The number of thiazole rings is 1. The van der Waals surface area contributed by atoms with Crippen LogP contribution in [0.25, 0.3) is 0 Å². The van der Waals surface area contributed by atoms with Crippen LogP contribution in [0.4, 0.5) is 5.13 Å². The summed E-state index contributed by atoms with van der Waals surface area (Å²) in [5.74, 6) is 1.13. The fraction of sp³-hybridized carbons (Fsp3) is 0.714. The molecule has 1 aromatic heterocycles. The first-order chi connectivity index (χ1) is 9.10. The van der Waals surface area contributed by atoms with Crippen LogP contribution in [-0.2, 0) is 4.79 Å². The van der Waals surface area contributed by atoms with E-state index >= 15 is 0 Å². The zero-order valence-electron chi connectivity index (χ0n) is 11.9. The minimum absolute atomic E-state index is 0.0582. The van der Waals surface area contributed by atoms with Gasteiger partial charge in [0.25, 0.3) is 0 Å². The quantitative estimate of drug-likeness (QED) is 0.892. The molecule has 1 aliphatic rings. The van der Waals surface area contributed by atoms with Crippen LogP contribution in [0.5, 0.6) is 0 Å². The van der Waals surface area contributed by atoms with Crippen LogP contribution in [-0.4, -0.2) is 23.5 Å². The molecule has 1 aliphatic heterocycles. The van der Waals surface area contributed by atoms with Crippen molar-refractivity contribution in [2.24, 2.45) is 5.92 Å². The van der Waals surface area contributed by atoms with Crippen molar-refractivity contribution >= 4 is 22.4 Å². The molecule has 0 bridgehead atoms. The van der Waals surface area contributed by atoms with E-state index in [9.17, 15) is 4.79 Å². The van der Waals surface area contributed by atoms with Gasteiger partial charge in [-0.2, -0.15) is 0 Å². The van der Waals surface area contributed by atoms with Crippen LogP contribution < -0.4 is 10.6 Å². The molecule has 2 N–H and O–H groups in total. The summed E-state index contributed by atoms with van der Waals surface area (Å²) in [7, 11) is 0. The van der Waals surface area contributed by atoms with Crippen LogP contribution in [0.1, 0.15) is 51.6 Å². The fourth-order valence-corrected chi connectivity index (χ4v) is 3.24. The molecule has 1 amide bonds. The summed E-state index contributed by atoms with van der Waals surface area (Å²) < 4.78 is 0. The van der Waals surface area contributed by atoms with Crippen molar-refractivity contribution < 1.29 is 4.79 Å². The van der Waals surface area contributed by atoms with Gasteiger partial charge in [-0.25, -0.2) is 4.98 Å². The van der Waals surface area contributed by atoms with E-state index in [-0.39, 0.29) is 11.9 Å². The Bertz CT molecular complexity index is 430. The summed E-state index contributed by atoms with van der Waals surface area (Å²) >= 11 is 1.51. The SMILES string of the molecule is CCC1CCNC(C(=O)Nc2nc(C(C)C)cs2)C1. The summed E-state index contributed by atoms with van der Waals surface area (Å²) in [6.07, 6.45) is 3.26. The highest BCUT2D eigenvalue weighted by molar-refractivity contribution is 7.13. The van der Waals surface area contributed by atoms with Gasteiger partial charge in [-0.05, 0) is 31.2 Å². The molecule has 1 saturated heterocycles. The zero-order chi connectivity index (χ0) is 13.8. The number of hydrogen-bond acceptors (Lipinski definition) is 4. The average molecular weight is 281 g/mol. The third-order valence-corrected chi connectivity index (χ3v) is 4.53. The maximum Gasteiger partial charge on any atom is 0.243 e. The normalized spacial score (nSPS) is 23.6. The Morgan fingerprint density at radius 3 is 3.05 bits per heavy atom. The Labute approximate surface area is 119 Å². The summed E-state index contributed by atoms with van der Waals surface area (Å²) in [4.78, 5) is 16.6. The van der Waals surface area contributed by atoms with Gasteiger partial charge < -0.3 is 10.6 Å². The van der Waals surface area contributed by atoms with E-state index in [1.54, 1.807) is 0 Å². The first-order valence-electron chi connectivity index (χ1n) is 7.09. The van der Waals surface area contributed by atoms with Crippen LogP contribution in [0.15, 0.2) is 5.38 Å². The highest BCUT2D eigenvalue weighted by atomic mass is 32.1. The minimum atomic E-state index is -0.0647. The van der Waals surface area contributed by atoms with Crippen LogP contribution in [0, 0.1) is 5.92 Å². The number of aromatic nitrogens is 1. The van der Waals surface area contributed by atoms with E-state index in [4.69, 9.17) is 0 Å². The molecule has 2 rings (SSSR count). The average Bonchev–Trinajstić information content (AvgIpc) is 2.87. The molecule has 0 aliphatic carbocycles. The van der Waals surface area contributed by atoms with Gasteiger partial charge in [-0.1, -0.05) is 27.2 Å². The van der Waals surface area contributed by atoms with Gasteiger partial charge >= 0.3 is 0 Å². The number of carbonyl (C=O) groups is 1. The molecule has 0 saturated carbocycles. The molecule has 4 nitrogen and oxygen atoms in total. The third kappa shape index (κ3) is 3.76. The lowest BCUT2D eigenvalue weighted by Crippen LogP contribution is -2.46. The molecule has 5 heteroatoms. The fourth-order valence-electron chi connectivity index (χ4n) is 2.37. The van der Waals surface area contributed by atoms with Gasteiger partial charge in [-0.15, -0.1) is 11.3 Å². The molecular weight excluding hydrogens is 258 g/mol. The van der Waals surface area contributed by atoms with Crippen molar-refractivity contribution in [3.8, 4) is 0 Å². The van der Waals surface area contributed by atoms with Crippen molar-refractivity contribution in [2.45, 2.75) is 52.0 Å². The van der Waals surface area contributed by atoms with Gasteiger partial charge in [0.1, 0.15) is 0 Å². The van der Waals surface area contributed by atoms with Crippen molar-refractivity contribution in [1.29, 1.82) is 0 Å². The molecule has 1 aromatic rings. The van der Waals surface area contributed by atoms with Gasteiger partial charge in [0.05, 0.1) is 11.7 Å². The maximum atomic E-state index is 12.2. The molecule has 106 valence electrons. The van der Waals surface area contributed by atoms with Crippen LogP contribution in [0.3, 0.4) is 0 Å². The molecule has 2 atom stereocenters. The predicted octanol–water partition coefficient (Wildman–Crippen LogP) is 2.98. The second kappa shape index (κ2) is 6.48. The summed E-state index contributed by atoms with van der Waals surface area (Å²) in [5.41, 5.74) is 1.04. The van der Waals surface area contributed by atoms with E-state index in [0.717, 1.165) is 25.1 Å². The zero-order valence-corrected chi connectivity index (χ0v) is 12.7. The van der Waals surface area contributed by atoms with Gasteiger partial charge in [0.2, 0.25) is 5.91 Å². The third-order valence-electron chi connectivity index (χ3n) is 3.75. The Kier molecular flexibility index (Phi) is 4.93. The van der Waals surface area contributed by atoms with E-state index in [1.807, 2.05) is 5.38 Å². The number of anilines is 1. The van der Waals surface area contributed by atoms with Crippen LogP contribution >= 0.6 is 11.3 Å². The highest BCUT2D eigenvalue weighted by Crippen LogP contribution is 2.23. The maximum absolute atomic E-state index is 12.2. The number of amides is 1. The van der Waals surface area contributed by atoms with Gasteiger partial charge in [0, 0.05) is 5.38 Å². The molecular formula is C14H23N3OS. The number of nitrogens with one attached hydrogen (secondary N) is 2. The number of rotatable bonds is 4. The monoisotopic (exact) mass is 281 g/mol. The Hall–Kier alpha value is -0.940. The largest absolute Gasteiger partial charge is 0.306 e. The highest BCUT2D eigenvalue weighted by Gasteiger charge is 2.26. The Morgan fingerprint density at radius 2 is 2.42 bits per heavy atom. The Morgan fingerprint density at radius 1 is 1.63 bits per heavy atom. The summed E-state index contributed by atoms with van der Waals surface area (Å²) in [6, 6.07) is -0.0647. The second-order valence-corrected chi connectivity index (χ2v) is 6.38. The Balaban J connectivity index is 1.92. The number of carbonyl (C=O) groups excluding carboxylic acids is 1. The van der Waals surface area contributed by atoms with E-state index in [1.165, 1.54) is 17.8 Å². The van der Waals surface area contributed by atoms with E-state index in [0.29, 0.717) is 17.0 Å². The van der Waals surface area contributed by atoms with Gasteiger partial charge in [-0.3, -0.25) is 4.79 Å². The van der Waals surface area contributed by atoms with Crippen molar-refractivity contribution in [2.75, 3.05) is 11.9 Å². The minimum Gasteiger partial charge on any atom is -0.306 e. The topological polar surface area (TPSA) is 54.0 Å². The smallest absolute Gasteiger partial charge is 0.243 e. The predicted molar refractivity (Wildman–Crippen MR) is 79.6 cm³/mol. The lowest BCUT2D eigenvalue weighted by atomic mass is 9.90. The standard InChI is InChI=1S/C14H23N3OS/c1-4-10-5-6-15-11(7-10)13(18)17-14-16-12(8-19-14)9(2)3/h8-11,15H,4-7H2,1-3H3,(H,16,17,18). The van der Waals surface area contributed by atoms with E-state index in [2.05, 4.69) is 36.4 Å². The number of piperidine rings is 1. The molecule has 2 heterocycles. The van der Waals surface area contributed by atoms with Crippen molar-refractivity contribution in [3.63, 3.8) is 0 Å². The van der Waals surface area contributed by atoms with Gasteiger partial charge in [0.15, 0.2) is 5.13 Å². The van der Waals surface area contributed by atoms with Crippen LogP contribution in [0.2, 0.25) is 0 Å². The molecule has 0 radical (unpaired) electrons. The summed E-state index contributed by atoms with van der Waals surface area (Å²) in [6.45, 7) is 7.34. The first kappa shape index (κ1) is 14.5. The number of hydrogen-bond donors (Lipinski definition) is 2. The van der Waals surface area contributed by atoms with E-state index < -0.39 is 0 Å². The second-order valence-electron chi connectivity index (χ2n) is 5.53. The molecule has 0 spiro atoms. The molecule has 0 aromatic carbocycles. The lowest BCUT2D eigenvalue weighted by Gasteiger charge is -2.28. The lowest BCUT2D eigenvalue weighted by molar-refractivity contribution is -0.119. The molecule has 2 unspecified atom stereocenters. The molecule has 1 fully saturated rings. The molecule has 19 heavy (non-hydrogen) atoms. The van der Waals surface area contributed by atoms with Crippen molar-refractivity contribution in [1.82, 2.24) is 10.3 Å². The number of nitrogens with zero attached hydrogens (tertiary/aromatic N) is 1. The summed E-state index contributed by atoms with van der Waals surface area (Å²) in [5, 5.41) is 8.97.